The Morgan fingerprint density at radius 2 is 2.32 bits per heavy atom. The summed E-state index contributed by atoms with van der Waals surface area (Å²) in [5, 5.41) is 1.86. The summed E-state index contributed by atoms with van der Waals surface area (Å²) in [6.45, 7) is 0. The molecule has 0 aliphatic heterocycles. The Morgan fingerprint density at radius 3 is 3.11 bits per heavy atom. The smallest absolute Gasteiger partial charge is 0.193 e. The van der Waals surface area contributed by atoms with E-state index in [9.17, 15) is 9.18 Å². The molecule has 0 aliphatic rings. The molecule has 6 heteroatoms. The van der Waals surface area contributed by atoms with Gasteiger partial charge in [-0.1, -0.05) is 17.7 Å². The molecule has 0 atom stereocenters. The van der Waals surface area contributed by atoms with Gasteiger partial charge in [0.25, 0.3) is 0 Å². The number of benzene rings is 1. The Labute approximate surface area is 117 Å². The Morgan fingerprint density at radius 1 is 1.47 bits per heavy atom. The molecule has 0 saturated carbocycles. The molecular formula is C13H8ClFN2OS. The number of imidazole rings is 1. The van der Waals surface area contributed by atoms with Crippen molar-refractivity contribution in [1.29, 1.82) is 0 Å². The average molecular weight is 295 g/mol. The monoisotopic (exact) mass is 294 g/mol. The zero-order valence-corrected chi connectivity index (χ0v) is 11.2. The molecule has 3 aromatic rings. The molecule has 96 valence electrons. The van der Waals surface area contributed by atoms with Crippen LogP contribution in [0.25, 0.3) is 4.96 Å². The summed E-state index contributed by atoms with van der Waals surface area (Å²) in [6, 6.07) is 4.41. The normalized spacial score (nSPS) is 11.1. The van der Waals surface area contributed by atoms with Crippen LogP contribution in [-0.2, 0) is 6.42 Å². The largest absolute Gasteiger partial charge is 0.297 e. The van der Waals surface area contributed by atoms with Crippen LogP contribution in [0.4, 0.5) is 4.39 Å². The number of rotatable bonds is 3. The van der Waals surface area contributed by atoms with E-state index < -0.39 is 5.82 Å². The van der Waals surface area contributed by atoms with Crippen LogP contribution in [-0.4, -0.2) is 15.2 Å². The third-order valence-corrected chi connectivity index (χ3v) is 3.80. The highest BCUT2D eigenvalue weighted by molar-refractivity contribution is 7.15. The zero-order chi connectivity index (χ0) is 13.4. The van der Waals surface area contributed by atoms with Gasteiger partial charge in [0, 0.05) is 17.8 Å². The third-order valence-electron chi connectivity index (χ3n) is 2.74. The molecule has 1 aromatic carbocycles. The van der Waals surface area contributed by atoms with E-state index in [2.05, 4.69) is 4.98 Å². The lowest BCUT2D eigenvalue weighted by molar-refractivity contribution is 0.0988. The molecule has 3 rings (SSSR count). The maximum Gasteiger partial charge on any atom is 0.193 e. The molecule has 0 saturated heterocycles. The lowest BCUT2D eigenvalue weighted by atomic mass is 10.1. The second-order valence-corrected chi connectivity index (χ2v) is 5.31. The molecule has 3 nitrogen and oxygen atoms in total. The van der Waals surface area contributed by atoms with Gasteiger partial charge in [0.05, 0.1) is 22.7 Å². The number of carbonyl (C=O) groups excluding carboxylic acids is 1. The molecular weight excluding hydrogens is 287 g/mol. The topological polar surface area (TPSA) is 34.4 Å². The number of thiazole rings is 1. The summed E-state index contributed by atoms with van der Waals surface area (Å²) in [4.78, 5) is 17.2. The highest BCUT2D eigenvalue weighted by Crippen LogP contribution is 2.20. The van der Waals surface area contributed by atoms with Crippen molar-refractivity contribution in [1.82, 2.24) is 9.38 Å². The van der Waals surface area contributed by atoms with Gasteiger partial charge in [-0.25, -0.2) is 9.37 Å². The van der Waals surface area contributed by atoms with Crippen molar-refractivity contribution in [2.45, 2.75) is 6.42 Å². The standard InChI is InChI=1S/C13H8ClFN2OS/c14-10-3-1-2-9(12(10)15)11(18)6-8-7-17-4-5-19-13(17)16-8/h1-5,7H,6H2. The molecule has 0 bridgehead atoms. The predicted octanol–water partition coefficient (Wildman–Crippen LogP) is 3.61. The SMILES string of the molecule is O=C(Cc1cn2ccsc2n1)c1cccc(Cl)c1F. The summed E-state index contributed by atoms with van der Waals surface area (Å²) in [5.74, 6) is -0.999. The average Bonchev–Trinajstić information content (AvgIpc) is 2.93. The fourth-order valence-corrected chi connectivity index (χ4v) is 2.73. The number of halogens is 2. The second-order valence-electron chi connectivity index (χ2n) is 4.03. The molecule has 0 amide bonds. The van der Waals surface area contributed by atoms with E-state index in [0.29, 0.717) is 5.69 Å². The number of Topliss-reactive ketones (excluding diaryl/α,β-unsaturated/α-hetero) is 1. The number of carbonyl (C=O) groups is 1. The van der Waals surface area contributed by atoms with E-state index in [0.717, 1.165) is 4.96 Å². The minimum absolute atomic E-state index is 0.00357. The number of aromatic nitrogens is 2. The van der Waals surface area contributed by atoms with Gasteiger partial charge in [0.1, 0.15) is 0 Å². The minimum atomic E-state index is -0.671. The lowest BCUT2D eigenvalue weighted by Crippen LogP contribution is -2.06. The van der Waals surface area contributed by atoms with E-state index in [1.165, 1.54) is 23.5 Å². The Hall–Kier alpha value is -1.72. The van der Waals surface area contributed by atoms with Crippen LogP contribution in [0.2, 0.25) is 5.02 Å². The Bertz CT molecular complexity index is 736. The number of hydrogen-bond donors (Lipinski definition) is 0. The summed E-state index contributed by atoms with van der Waals surface area (Å²) in [7, 11) is 0. The van der Waals surface area contributed by atoms with Gasteiger partial charge in [-0.3, -0.25) is 9.20 Å². The molecule has 0 N–H and O–H groups in total. The van der Waals surface area contributed by atoms with Crippen molar-refractivity contribution in [3.8, 4) is 0 Å². The first-order valence-corrected chi connectivity index (χ1v) is 6.79. The van der Waals surface area contributed by atoms with Crippen LogP contribution in [0, 0.1) is 5.82 Å². The Kier molecular flexibility index (Phi) is 3.08. The van der Waals surface area contributed by atoms with Gasteiger partial charge in [0.2, 0.25) is 0 Å². The fourth-order valence-electron chi connectivity index (χ4n) is 1.84. The van der Waals surface area contributed by atoms with E-state index >= 15 is 0 Å². The van der Waals surface area contributed by atoms with Crippen LogP contribution >= 0.6 is 22.9 Å². The van der Waals surface area contributed by atoms with E-state index in [4.69, 9.17) is 11.6 Å². The number of hydrogen-bond acceptors (Lipinski definition) is 3. The van der Waals surface area contributed by atoms with Crippen LogP contribution in [0.3, 0.4) is 0 Å². The number of fused-ring (bicyclic) bond motifs is 1. The van der Waals surface area contributed by atoms with Gasteiger partial charge in [0.15, 0.2) is 16.6 Å². The molecule has 0 fully saturated rings. The first-order valence-electron chi connectivity index (χ1n) is 5.53. The molecule has 0 spiro atoms. The van der Waals surface area contributed by atoms with Gasteiger partial charge < -0.3 is 0 Å². The summed E-state index contributed by atoms with van der Waals surface area (Å²) < 4.78 is 15.6. The van der Waals surface area contributed by atoms with Crippen LogP contribution in [0.15, 0.2) is 36.0 Å². The first kappa shape index (κ1) is 12.3. The van der Waals surface area contributed by atoms with Crippen molar-refractivity contribution < 1.29 is 9.18 Å². The van der Waals surface area contributed by atoms with Crippen molar-refractivity contribution in [2.75, 3.05) is 0 Å². The number of ketones is 1. The fraction of sp³-hybridized carbons (Fsp3) is 0.0769. The van der Waals surface area contributed by atoms with Crippen LogP contribution in [0.1, 0.15) is 16.1 Å². The van der Waals surface area contributed by atoms with E-state index in [1.807, 2.05) is 16.0 Å². The van der Waals surface area contributed by atoms with Gasteiger partial charge >= 0.3 is 0 Å². The molecule has 0 unspecified atom stereocenters. The van der Waals surface area contributed by atoms with Crippen molar-refractivity contribution >= 4 is 33.7 Å². The zero-order valence-electron chi connectivity index (χ0n) is 9.64. The number of nitrogens with zero attached hydrogens (tertiary/aromatic N) is 2. The van der Waals surface area contributed by atoms with Crippen LogP contribution in [0.5, 0.6) is 0 Å². The third kappa shape index (κ3) is 2.27. The summed E-state index contributed by atoms with van der Waals surface area (Å²) in [6.07, 6.45) is 3.69. The quantitative estimate of drug-likeness (QED) is 0.692. The molecule has 2 aromatic heterocycles. The van der Waals surface area contributed by atoms with Crippen molar-refractivity contribution in [3.63, 3.8) is 0 Å². The van der Waals surface area contributed by atoms with Crippen molar-refractivity contribution in [3.05, 3.63) is 58.1 Å². The highest BCUT2D eigenvalue weighted by atomic mass is 35.5. The Balaban J connectivity index is 1.88. The summed E-state index contributed by atoms with van der Waals surface area (Å²) >= 11 is 7.14. The van der Waals surface area contributed by atoms with Gasteiger partial charge in [-0.15, -0.1) is 11.3 Å². The molecule has 0 radical (unpaired) electrons. The summed E-state index contributed by atoms with van der Waals surface area (Å²) in [5.41, 5.74) is 0.625. The maximum atomic E-state index is 13.7. The maximum absolute atomic E-state index is 13.7. The second kappa shape index (κ2) is 4.75. The highest BCUT2D eigenvalue weighted by Gasteiger charge is 2.16. The van der Waals surface area contributed by atoms with Crippen molar-refractivity contribution in [2.24, 2.45) is 0 Å². The molecule has 2 heterocycles. The predicted molar refractivity (Wildman–Crippen MR) is 72.5 cm³/mol. The molecule has 0 aliphatic carbocycles. The van der Waals surface area contributed by atoms with E-state index in [1.54, 1.807) is 12.3 Å². The van der Waals surface area contributed by atoms with Gasteiger partial charge in [-0.05, 0) is 12.1 Å². The van der Waals surface area contributed by atoms with Crippen LogP contribution < -0.4 is 0 Å². The van der Waals surface area contributed by atoms with E-state index in [-0.39, 0.29) is 22.8 Å². The first-order chi connectivity index (χ1) is 9.15. The minimum Gasteiger partial charge on any atom is -0.297 e. The van der Waals surface area contributed by atoms with Gasteiger partial charge in [-0.2, -0.15) is 0 Å². The lowest BCUT2D eigenvalue weighted by Gasteiger charge is -2.02. The molecule has 19 heavy (non-hydrogen) atoms.